The zero-order valence-electron chi connectivity index (χ0n) is 4.80. The Hall–Kier alpha value is -0.120. The van der Waals surface area contributed by atoms with Crippen LogP contribution in [0.3, 0.4) is 0 Å². The van der Waals surface area contributed by atoms with Crippen LogP contribution in [0.5, 0.6) is 0 Å². The molecule has 1 fully saturated rings. The van der Waals surface area contributed by atoms with Crippen LogP contribution in [0.2, 0.25) is 0 Å². The summed E-state index contributed by atoms with van der Waals surface area (Å²) < 4.78 is 0. The van der Waals surface area contributed by atoms with Crippen LogP contribution in [0.15, 0.2) is 0 Å². The van der Waals surface area contributed by atoms with Crippen LogP contribution in [0.4, 0.5) is 0 Å². The molecule has 1 rings (SSSR count). The normalized spacial score (nSPS) is 39.8. The third-order valence-corrected chi connectivity index (χ3v) is 1.43. The van der Waals surface area contributed by atoms with Gasteiger partial charge < -0.3 is 10.8 Å². The summed E-state index contributed by atoms with van der Waals surface area (Å²) in [6.07, 6.45) is 1.42. The lowest BCUT2D eigenvalue weighted by Crippen LogP contribution is -2.45. The van der Waals surface area contributed by atoms with Gasteiger partial charge in [-0.15, -0.1) is 0 Å². The Morgan fingerprint density at radius 3 is 2.62 bits per heavy atom. The molecule has 0 aromatic carbocycles. The molecule has 0 saturated carbocycles. The van der Waals surface area contributed by atoms with Crippen molar-refractivity contribution in [3.8, 4) is 0 Å². The van der Waals surface area contributed by atoms with E-state index in [9.17, 15) is 0 Å². The van der Waals surface area contributed by atoms with Crippen molar-refractivity contribution in [2.45, 2.75) is 25.1 Å². The summed E-state index contributed by atoms with van der Waals surface area (Å²) in [6, 6.07) is 0.249. The van der Waals surface area contributed by atoms with Gasteiger partial charge in [0.05, 0.1) is 0 Å². The fourth-order valence-corrected chi connectivity index (χ4v) is 0.863. The summed E-state index contributed by atoms with van der Waals surface area (Å²) >= 11 is 0. The van der Waals surface area contributed by atoms with E-state index in [2.05, 4.69) is 5.32 Å². The summed E-state index contributed by atoms with van der Waals surface area (Å²) in [6.45, 7) is 0.751. The van der Waals surface area contributed by atoms with Crippen molar-refractivity contribution in [3.63, 3.8) is 0 Å². The molecule has 0 radical (unpaired) electrons. The number of nitrogens with one attached hydrogen (secondary N) is 1. The van der Waals surface area contributed by atoms with Gasteiger partial charge in [-0.05, 0) is 12.8 Å². The number of rotatable bonds is 0. The van der Waals surface area contributed by atoms with E-state index in [-0.39, 0.29) is 12.3 Å². The zero-order valence-corrected chi connectivity index (χ0v) is 4.80. The smallest absolute Gasteiger partial charge is 0.105 e. The number of hydrogen-bond donors (Lipinski definition) is 3. The minimum Gasteiger partial charge on any atom is -0.379 e. The molecule has 4 N–H and O–H groups in total. The lowest BCUT2D eigenvalue weighted by molar-refractivity contribution is 0.101. The fraction of sp³-hybridized carbons (Fsp3) is 1.00. The standard InChI is InChI=1S/C5H12N2O/c6-4-1-2-5(8)7-3-4/h4-5,7-8H,1-3,6H2/t4-,5?/m0/s1. The van der Waals surface area contributed by atoms with Crippen LogP contribution in [0.25, 0.3) is 0 Å². The summed E-state index contributed by atoms with van der Waals surface area (Å²) in [5.74, 6) is 0. The van der Waals surface area contributed by atoms with E-state index < -0.39 is 0 Å². The van der Waals surface area contributed by atoms with Gasteiger partial charge in [-0.2, -0.15) is 0 Å². The second kappa shape index (κ2) is 2.44. The molecule has 0 amide bonds. The van der Waals surface area contributed by atoms with Crippen LogP contribution in [-0.4, -0.2) is 23.9 Å². The zero-order chi connectivity index (χ0) is 5.98. The molecule has 0 aromatic heterocycles. The molecule has 8 heavy (non-hydrogen) atoms. The van der Waals surface area contributed by atoms with Gasteiger partial charge in [-0.1, -0.05) is 0 Å². The van der Waals surface area contributed by atoms with Crippen molar-refractivity contribution < 1.29 is 5.11 Å². The Labute approximate surface area is 48.9 Å². The Morgan fingerprint density at radius 2 is 2.25 bits per heavy atom. The predicted molar refractivity (Wildman–Crippen MR) is 31.2 cm³/mol. The largest absolute Gasteiger partial charge is 0.379 e. The topological polar surface area (TPSA) is 58.3 Å². The number of aliphatic hydroxyl groups is 1. The predicted octanol–water partition coefficient (Wildman–Crippen LogP) is -0.985. The maximum absolute atomic E-state index is 8.86. The molecule has 2 atom stereocenters. The molecular weight excluding hydrogens is 104 g/mol. The minimum absolute atomic E-state index is 0.249. The number of piperidine rings is 1. The number of aliphatic hydroxyl groups excluding tert-OH is 1. The molecule has 1 saturated heterocycles. The maximum Gasteiger partial charge on any atom is 0.105 e. The average molecular weight is 116 g/mol. The molecular formula is C5H12N2O. The van der Waals surface area contributed by atoms with E-state index in [1.54, 1.807) is 0 Å². The summed E-state index contributed by atoms with van der Waals surface area (Å²) in [4.78, 5) is 0. The first-order chi connectivity index (χ1) is 3.79. The highest BCUT2D eigenvalue weighted by Gasteiger charge is 2.13. The lowest BCUT2D eigenvalue weighted by atomic mass is 10.1. The highest BCUT2D eigenvalue weighted by Crippen LogP contribution is 2.02. The quantitative estimate of drug-likeness (QED) is 0.381. The van der Waals surface area contributed by atoms with Crippen molar-refractivity contribution in [1.82, 2.24) is 5.32 Å². The van der Waals surface area contributed by atoms with Crippen LogP contribution in [-0.2, 0) is 0 Å². The van der Waals surface area contributed by atoms with Gasteiger partial charge in [-0.3, -0.25) is 5.32 Å². The summed E-state index contributed by atoms with van der Waals surface area (Å²) in [5, 5.41) is 11.7. The molecule has 1 unspecified atom stereocenters. The highest BCUT2D eigenvalue weighted by molar-refractivity contribution is 4.72. The van der Waals surface area contributed by atoms with Gasteiger partial charge in [0.15, 0.2) is 0 Å². The van der Waals surface area contributed by atoms with Gasteiger partial charge in [-0.25, -0.2) is 0 Å². The second-order valence-electron chi connectivity index (χ2n) is 2.26. The van der Waals surface area contributed by atoms with Crippen molar-refractivity contribution in [2.75, 3.05) is 6.54 Å². The van der Waals surface area contributed by atoms with E-state index in [0.29, 0.717) is 0 Å². The third-order valence-electron chi connectivity index (χ3n) is 1.43. The Morgan fingerprint density at radius 1 is 1.50 bits per heavy atom. The molecule has 3 nitrogen and oxygen atoms in total. The maximum atomic E-state index is 8.86. The molecule has 0 spiro atoms. The van der Waals surface area contributed by atoms with Crippen LogP contribution in [0, 0.1) is 0 Å². The van der Waals surface area contributed by atoms with E-state index in [4.69, 9.17) is 10.8 Å². The van der Waals surface area contributed by atoms with Crippen LogP contribution >= 0.6 is 0 Å². The second-order valence-corrected chi connectivity index (χ2v) is 2.26. The van der Waals surface area contributed by atoms with Gasteiger partial charge in [0, 0.05) is 12.6 Å². The first-order valence-electron chi connectivity index (χ1n) is 2.96. The highest BCUT2D eigenvalue weighted by atomic mass is 16.3. The lowest BCUT2D eigenvalue weighted by Gasteiger charge is -2.23. The number of hydrogen-bond acceptors (Lipinski definition) is 3. The van der Waals surface area contributed by atoms with E-state index in [1.807, 2.05) is 0 Å². The molecule has 1 heterocycles. The van der Waals surface area contributed by atoms with E-state index in [0.717, 1.165) is 19.4 Å². The Bertz CT molecular complexity index is 58.8. The SMILES string of the molecule is N[C@H]1CCC(O)NC1. The molecule has 0 bridgehead atoms. The molecule has 3 heteroatoms. The summed E-state index contributed by atoms with van der Waals surface area (Å²) in [7, 11) is 0. The third kappa shape index (κ3) is 1.43. The monoisotopic (exact) mass is 116 g/mol. The van der Waals surface area contributed by atoms with Gasteiger partial charge in [0.1, 0.15) is 6.23 Å². The molecule has 0 aliphatic carbocycles. The molecule has 1 aliphatic rings. The van der Waals surface area contributed by atoms with Gasteiger partial charge >= 0.3 is 0 Å². The molecule has 0 aromatic rings. The van der Waals surface area contributed by atoms with E-state index in [1.165, 1.54) is 0 Å². The van der Waals surface area contributed by atoms with Crippen molar-refractivity contribution in [3.05, 3.63) is 0 Å². The van der Waals surface area contributed by atoms with Crippen molar-refractivity contribution in [1.29, 1.82) is 0 Å². The Kier molecular flexibility index (Phi) is 1.83. The van der Waals surface area contributed by atoms with Crippen molar-refractivity contribution in [2.24, 2.45) is 5.73 Å². The fourth-order valence-electron chi connectivity index (χ4n) is 0.863. The average Bonchev–Trinajstić information content (AvgIpc) is 1.77. The molecule has 48 valence electrons. The van der Waals surface area contributed by atoms with E-state index >= 15 is 0 Å². The Balaban J connectivity index is 2.19. The first kappa shape index (κ1) is 6.01. The van der Waals surface area contributed by atoms with Crippen LogP contribution < -0.4 is 11.1 Å². The van der Waals surface area contributed by atoms with Gasteiger partial charge in [0.25, 0.3) is 0 Å². The first-order valence-corrected chi connectivity index (χ1v) is 2.96. The van der Waals surface area contributed by atoms with Crippen molar-refractivity contribution >= 4 is 0 Å². The number of nitrogens with two attached hydrogens (primary N) is 1. The van der Waals surface area contributed by atoms with Gasteiger partial charge in [0.2, 0.25) is 0 Å². The summed E-state index contributed by atoms with van der Waals surface area (Å²) in [5.41, 5.74) is 5.52. The molecule has 1 aliphatic heterocycles. The minimum atomic E-state index is -0.310. The van der Waals surface area contributed by atoms with Crippen LogP contribution in [0.1, 0.15) is 12.8 Å².